The zero-order valence-electron chi connectivity index (χ0n) is 10.8. The molecule has 0 radical (unpaired) electrons. The number of fused-ring (bicyclic) bond motifs is 1. The van der Waals surface area contributed by atoms with Crippen LogP contribution in [0.1, 0.15) is 12.5 Å². The molecule has 0 bridgehead atoms. The second-order valence-corrected chi connectivity index (χ2v) is 4.79. The number of benzene rings is 1. The van der Waals surface area contributed by atoms with Gasteiger partial charge in [-0.05, 0) is 37.3 Å². The van der Waals surface area contributed by atoms with Crippen molar-refractivity contribution >= 4 is 22.6 Å². The van der Waals surface area contributed by atoms with Crippen LogP contribution in [0.5, 0.6) is 0 Å². The summed E-state index contributed by atoms with van der Waals surface area (Å²) in [6.45, 7) is 2.83. The van der Waals surface area contributed by atoms with Crippen LogP contribution in [0.4, 0.5) is 0 Å². The number of nitriles is 1. The number of nitrogens with zero attached hydrogens (tertiary/aromatic N) is 4. The van der Waals surface area contributed by atoms with Crippen LogP contribution >= 0.6 is 11.6 Å². The highest BCUT2D eigenvalue weighted by Gasteiger charge is 2.12. The molecule has 0 atom stereocenters. The van der Waals surface area contributed by atoms with Gasteiger partial charge in [-0.15, -0.1) is 0 Å². The van der Waals surface area contributed by atoms with Gasteiger partial charge in [-0.1, -0.05) is 11.6 Å². The van der Waals surface area contributed by atoms with Crippen LogP contribution in [-0.2, 0) is 6.54 Å². The Kier molecular flexibility index (Phi) is 3.13. The van der Waals surface area contributed by atoms with Gasteiger partial charge < -0.3 is 4.57 Å². The minimum absolute atomic E-state index is 0.597. The molecule has 3 aromatic rings. The van der Waals surface area contributed by atoms with Gasteiger partial charge in [-0.25, -0.2) is 4.98 Å². The van der Waals surface area contributed by atoms with Gasteiger partial charge in [0.2, 0.25) is 0 Å². The average molecular weight is 283 g/mol. The molecule has 1 aromatic carbocycles. The van der Waals surface area contributed by atoms with Crippen LogP contribution in [0.2, 0.25) is 5.02 Å². The van der Waals surface area contributed by atoms with Gasteiger partial charge in [-0.3, -0.25) is 4.98 Å². The molecule has 0 amide bonds. The first-order chi connectivity index (χ1) is 9.72. The van der Waals surface area contributed by atoms with Crippen LogP contribution in [0, 0.1) is 11.3 Å². The van der Waals surface area contributed by atoms with Gasteiger partial charge in [0.1, 0.15) is 5.69 Å². The summed E-state index contributed by atoms with van der Waals surface area (Å²) in [5, 5.41) is 9.56. The molecule has 2 aromatic heterocycles. The molecule has 0 spiro atoms. The van der Waals surface area contributed by atoms with E-state index in [0.717, 1.165) is 29.1 Å². The SMILES string of the molecule is CCn1c(-c2ccc(Cl)cn2)nc2cc(C#N)ccc21. The van der Waals surface area contributed by atoms with E-state index in [-0.39, 0.29) is 0 Å². The summed E-state index contributed by atoms with van der Waals surface area (Å²) in [6.07, 6.45) is 1.61. The molecule has 0 fully saturated rings. The van der Waals surface area contributed by atoms with E-state index in [1.807, 2.05) is 12.1 Å². The van der Waals surface area contributed by atoms with E-state index >= 15 is 0 Å². The van der Waals surface area contributed by atoms with Gasteiger partial charge in [0.05, 0.1) is 27.7 Å². The maximum Gasteiger partial charge on any atom is 0.159 e. The molecule has 0 unspecified atom stereocenters. The summed E-state index contributed by atoms with van der Waals surface area (Å²) in [4.78, 5) is 8.91. The highest BCUT2D eigenvalue weighted by molar-refractivity contribution is 6.30. The van der Waals surface area contributed by atoms with Gasteiger partial charge in [0.25, 0.3) is 0 Å². The van der Waals surface area contributed by atoms with Crippen LogP contribution in [-0.4, -0.2) is 14.5 Å². The van der Waals surface area contributed by atoms with E-state index in [1.54, 1.807) is 24.4 Å². The second kappa shape index (κ2) is 4.95. The molecule has 4 nitrogen and oxygen atoms in total. The zero-order chi connectivity index (χ0) is 14.1. The maximum absolute atomic E-state index is 8.97. The lowest BCUT2D eigenvalue weighted by Crippen LogP contribution is -1.98. The summed E-state index contributed by atoms with van der Waals surface area (Å²) in [5.41, 5.74) is 3.18. The first kappa shape index (κ1) is 12.6. The van der Waals surface area contributed by atoms with E-state index in [0.29, 0.717) is 10.6 Å². The summed E-state index contributed by atoms with van der Waals surface area (Å²) >= 11 is 5.87. The fraction of sp³-hybridized carbons (Fsp3) is 0.133. The molecule has 0 aliphatic carbocycles. The van der Waals surface area contributed by atoms with Crippen molar-refractivity contribution in [3.63, 3.8) is 0 Å². The van der Waals surface area contributed by atoms with Crippen molar-refractivity contribution in [2.24, 2.45) is 0 Å². The standard InChI is InChI=1S/C15H11ClN4/c1-2-20-14-6-3-10(8-17)7-13(14)19-15(20)12-5-4-11(16)9-18-12/h3-7,9H,2H2,1H3. The Balaban J connectivity index is 2.25. The maximum atomic E-state index is 8.97. The van der Waals surface area contributed by atoms with E-state index in [1.165, 1.54) is 0 Å². The highest BCUT2D eigenvalue weighted by atomic mass is 35.5. The Morgan fingerprint density at radius 2 is 2.15 bits per heavy atom. The molecule has 98 valence electrons. The van der Waals surface area contributed by atoms with Crippen molar-refractivity contribution in [2.75, 3.05) is 0 Å². The third-order valence-electron chi connectivity index (χ3n) is 3.15. The molecule has 0 N–H and O–H groups in total. The van der Waals surface area contributed by atoms with E-state index < -0.39 is 0 Å². The summed E-state index contributed by atoms with van der Waals surface area (Å²) in [5.74, 6) is 0.786. The van der Waals surface area contributed by atoms with E-state index in [4.69, 9.17) is 16.9 Å². The van der Waals surface area contributed by atoms with E-state index in [9.17, 15) is 0 Å². The van der Waals surface area contributed by atoms with Crippen LogP contribution in [0.15, 0.2) is 36.5 Å². The second-order valence-electron chi connectivity index (χ2n) is 4.36. The van der Waals surface area contributed by atoms with Crippen LogP contribution in [0.25, 0.3) is 22.6 Å². The zero-order valence-corrected chi connectivity index (χ0v) is 11.6. The predicted octanol–water partition coefficient (Wildman–Crippen LogP) is 3.64. The monoisotopic (exact) mass is 282 g/mol. The molecule has 0 saturated heterocycles. The molecule has 0 aliphatic rings. The first-order valence-corrected chi connectivity index (χ1v) is 6.63. The van der Waals surface area contributed by atoms with E-state index in [2.05, 4.69) is 27.5 Å². The Bertz CT molecular complexity index is 812. The Hall–Kier alpha value is -2.38. The average Bonchev–Trinajstić information content (AvgIpc) is 2.85. The number of hydrogen-bond acceptors (Lipinski definition) is 3. The van der Waals surface area contributed by atoms with Crippen molar-refractivity contribution in [3.8, 4) is 17.6 Å². The molecule has 2 heterocycles. The van der Waals surface area contributed by atoms with Crippen molar-refractivity contribution < 1.29 is 0 Å². The van der Waals surface area contributed by atoms with Gasteiger partial charge >= 0.3 is 0 Å². The lowest BCUT2D eigenvalue weighted by molar-refractivity contribution is 0.793. The number of halogens is 1. The largest absolute Gasteiger partial charge is 0.323 e. The normalized spacial score (nSPS) is 10.7. The third kappa shape index (κ3) is 2.02. The number of pyridine rings is 1. The van der Waals surface area contributed by atoms with Gasteiger partial charge in [0.15, 0.2) is 5.82 Å². The molecular weight excluding hydrogens is 272 g/mol. The fourth-order valence-electron chi connectivity index (χ4n) is 2.22. The Morgan fingerprint density at radius 1 is 1.30 bits per heavy atom. The Morgan fingerprint density at radius 3 is 2.80 bits per heavy atom. The third-order valence-corrected chi connectivity index (χ3v) is 3.37. The minimum atomic E-state index is 0.597. The number of rotatable bonds is 2. The summed E-state index contributed by atoms with van der Waals surface area (Å²) in [6, 6.07) is 11.3. The van der Waals surface area contributed by atoms with Crippen molar-refractivity contribution in [3.05, 3.63) is 47.1 Å². The highest BCUT2D eigenvalue weighted by Crippen LogP contribution is 2.24. The smallest absolute Gasteiger partial charge is 0.159 e. The molecular formula is C15H11ClN4. The lowest BCUT2D eigenvalue weighted by Gasteiger charge is -2.05. The number of aromatic nitrogens is 3. The fourth-order valence-corrected chi connectivity index (χ4v) is 2.33. The predicted molar refractivity (Wildman–Crippen MR) is 78.4 cm³/mol. The van der Waals surface area contributed by atoms with Crippen molar-refractivity contribution in [1.29, 1.82) is 5.26 Å². The number of hydrogen-bond donors (Lipinski definition) is 0. The van der Waals surface area contributed by atoms with Crippen molar-refractivity contribution in [2.45, 2.75) is 13.5 Å². The van der Waals surface area contributed by atoms with Crippen LogP contribution in [0.3, 0.4) is 0 Å². The molecule has 5 heteroatoms. The molecule has 0 saturated carbocycles. The Labute approximate surface area is 121 Å². The van der Waals surface area contributed by atoms with Gasteiger partial charge in [-0.2, -0.15) is 5.26 Å². The number of aryl methyl sites for hydroxylation is 1. The summed E-state index contributed by atoms with van der Waals surface area (Å²) < 4.78 is 2.08. The van der Waals surface area contributed by atoms with Crippen LogP contribution < -0.4 is 0 Å². The molecule has 20 heavy (non-hydrogen) atoms. The topological polar surface area (TPSA) is 54.5 Å². The number of imidazole rings is 1. The quantitative estimate of drug-likeness (QED) is 0.721. The molecule has 3 rings (SSSR count). The van der Waals surface area contributed by atoms with Gasteiger partial charge in [0, 0.05) is 12.7 Å². The first-order valence-electron chi connectivity index (χ1n) is 6.25. The molecule has 0 aliphatic heterocycles. The minimum Gasteiger partial charge on any atom is -0.323 e. The summed E-state index contributed by atoms with van der Waals surface area (Å²) in [7, 11) is 0. The van der Waals surface area contributed by atoms with Crippen molar-refractivity contribution in [1.82, 2.24) is 14.5 Å². The lowest BCUT2D eigenvalue weighted by atomic mass is 10.2.